The van der Waals surface area contributed by atoms with E-state index in [9.17, 15) is 4.79 Å². The summed E-state index contributed by atoms with van der Waals surface area (Å²) in [6, 6.07) is 0. The van der Waals surface area contributed by atoms with Gasteiger partial charge in [-0.05, 0) is 7.05 Å². The molecular formula is C7H11NO. The molecule has 0 aromatic rings. The molecule has 0 rings (SSSR count). The van der Waals surface area contributed by atoms with Crippen molar-refractivity contribution in [1.82, 2.24) is 5.32 Å². The van der Waals surface area contributed by atoms with Gasteiger partial charge in [0.2, 0.25) is 0 Å². The Balaban J connectivity index is 3.05. The van der Waals surface area contributed by atoms with Crippen LogP contribution in [0.4, 0.5) is 0 Å². The van der Waals surface area contributed by atoms with E-state index in [0.29, 0.717) is 19.4 Å². The highest BCUT2D eigenvalue weighted by molar-refractivity contribution is 5.49. The quantitative estimate of drug-likeness (QED) is 0.331. The van der Waals surface area contributed by atoms with Crippen molar-refractivity contribution < 1.29 is 4.79 Å². The second-order valence-corrected chi connectivity index (χ2v) is 1.59. The molecule has 1 N–H and O–H groups in total. The first-order chi connectivity index (χ1) is 4.41. The Hall–Kier alpha value is -0.810. The smallest absolute Gasteiger partial charge is 0.120 e. The number of aldehydes is 1. The van der Waals surface area contributed by atoms with E-state index >= 15 is 0 Å². The van der Waals surface area contributed by atoms with Gasteiger partial charge in [0.1, 0.15) is 6.29 Å². The summed E-state index contributed by atoms with van der Waals surface area (Å²) in [6.45, 7) is 0.707. The number of nitrogens with one attached hydrogen (secondary N) is 1. The number of unbranched alkanes of at least 4 members (excludes halogenated alkanes) is 1. The molecule has 0 spiro atoms. The van der Waals surface area contributed by atoms with E-state index in [0.717, 1.165) is 6.29 Å². The monoisotopic (exact) mass is 125 g/mol. The molecule has 0 amide bonds. The summed E-state index contributed by atoms with van der Waals surface area (Å²) in [5.74, 6) is 5.69. The summed E-state index contributed by atoms with van der Waals surface area (Å²) >= 11 is 0. The van der Waals surface area contributed by atoms with Gasteiger partial charge >= 0.3 is 0 Å². The third-order valence-electron chi connectivity index (χ3n) is 0.777. The lowest BCUT2D eigenvalue weighted by Gasteiger charge is -1.81. The molecule has 2 nitrogen and oxygen atoms in total. The minimum Gasteiger partial charge on any atom is -0.309 e. The maximum absolute atomic E-state index is 9.75. The summed E-state index contributed by atoms with van der Waals surface area (Å²) < 4.78 is 0. The molecule has 0 aliphatic carbocycles. The Morgan fingerprint density at radius 1 is 1.56 bits per heavy atom. The van der Waals surface area contributed by atoms with Crippen molar-refractivity contribution in [1.29, 1.82) is 0 Å². The van der Waals surface area contributed by atoms with Crippen LogP contribution < -0.4 is 5.32 Å². The van der Waals surface area contributed by atoms with E-state index in [1.807, 2.05) is 7.05 Å². The van der Waals surface area contributed by atoms with E-state index in [2.05, 4.69) is 17.2 Å². The Morgan fingerprint density at radius 2 is 2.33 bits per heavy atom. The van der Waals surface area contributed by atoms with Crippen molar-refractivity contribution in [3.05, 3.63) is 0 Å². The molecule has 0 aliphatic rings. The van der Waals surface area contributed by atoms with Crippen molar-refractivity contribution in [2.45, 2.75) is 12.8 Å². The molecule has 0 bridgehead atoms. The van der Waals surface area contributed by atoms with Gasteiger partial charge in [0.25, 0.3) is 0 Å². The first-order valence-corrected chi connectivity index (χ1v) is 2.95. The fourth-order valence-corrected chi connectivity index (χ4v) is 0.370. The molecular weight excluding hydrogens is 114 g/mol. The van der Waals surface area contributed by atoms with Crippen molar-refractivity contribution in [2.24, 2.45) is 0 Å². The minimum absolute atomic E-state index is 0.552. The molecule has 0 fully saturated rings. The summed E-state index contributed by atoms with van der Waals surface area (Å²) in [7, 11) is 1.84. The van der Waals surface area contributed by atoms with Crippen molar-refractivity contribution >= 4 is 6.29 Å². The van der Waals surface area contributed by atoms with Gasteiger partial charge in [-0.2, -0.15) is 0 Å². The molecule has 0 heterocycles. The summed E-state index contributed by atoms with van der Waals surface area (Å²) in [5, 5.41) is 2.88. The van der Waals surface area contributed by atoms with E-state index in [1.54, 1.807) is 0 Å². The molecule has 0 atom stereocenters. The average Bonchev–Trinajstić information content (AvgIpc) is 1.89. The Morgan fingerprint density at radius 3 is 2.89 bits per heavy atom. The van der Waals surface area contributed by atoms with Crippen LogP contribution in [0.1, 0.15) is 12.8 Å². The first kappa shape index (κ1) is 8.19. The van der Waals surface area contributed by atoms with Crippen molar-refractivity contribution in [3.63, 3.8) is 0 Å². The van der Waals surface area contributed by atoms with Gasteiger partial charge in [-0.1, -0.05) is 5.92 Å². The van der Waals surface area contributed by atoms with Gasteiger partial charge < -0.3 is 10.1 Å². The van der Waals surface area contributed by atoms with Gasteiger partial charge in [0, 0.05) is 12.8 Å². The number of rotatable bonds is 3. The number of carbonyl (C=O) groups excluding carboxylic acids is 1. The number of hydrogen-bond donors (Lipinski definition) is 1. The molecule has 0 radical (unpaired) electrons. The third-order valence-corrected chi connectivity index (χ3v) is 0.777. The second kappa shape index (κ2) is 7.19. The summed E-state index contributed by atoms with van der Waals surface area (Å²) in [6.07, 6.45) is 2.12. The topological polar surface area (TPSA) is 29.1 Å². The minimum atomic E-state index is 0.552. The highest BCUT2D eigenvalue weighted by Crippen LogP contribution is 1.77. The molecule has 0 unspecified atom stereocenters. The van der Waals surface area contributed by atoms with Crippen LogP contribution in [0, 0.1) is 11.8 Å². The van der Waals surface area contributed by atoms with E-state index in [4.69, 9.17) is 0 Å². The molecule has 0 aromatic carbocycles. The predicted octanol–water partition coefficient (Wildman–Crippen LogP) is 0.188. The lowest BCUT2D eigenvalue weighted by molar-refractivity contribution is -0.107. The van der Waals surface area contributed by atoms with E-state index in [1.165, 1.54) is 0 Å². The van der Waals surface area contributed by atoms with Gasteiger partial charge in [0.15, 0.2) is 0 Å². The van der Waals surface area contributed by atoms with Crippen LogP contribution in [-0.2, 0) is 4.79 Å². The van der Waals surface area contributed by atoms with Crippen LogP contribution in [0.15, 0.2) is 0 Å². The van der Waals surface area contributed by atoms with Gasteiger partial charge in [-0.15, -0.1) is 5.92 Å². The highest BCUT2D eigenvalue weighted by atomic mass is 16.1. The molecule has 0 aliphatic heterocycles. The number of hydrogen-bond acceptors (Lipinski definition) is 2. The maximum Gasteiger partial charge on any atom is 0.120 e. The van der Waals surface area contributed by atoms with Crippen molar-refractivity contribution in [3.8, 4) is 11.8 Å². The zero-order chi connectivity index (χ0) is 6.95. The SMILES string of the molecule is CNCC#CCCC=O. The van der Waals surface area contributed by atoms with Gasteiger partial charge in [-0.3, -0.25) is 0 Å². The first-order valence-electron chi connectivity index (χ1n) is 2.95. The fourth-order valence-electron chi connectivity index (χ4n) is 0.370. The average molecular weight is 125 g/mol. The standard InChI is InChI=1S/C7H11NO/c1-8-6-4-2-3-5-7-9/h7-8H,3,5-6H2,1H3. The lowest BCUT2D eigenvalue weighted by atomic mass is 10.3. The highest BCUT2D eigenvalue weighted by Gasteiger charge is 1.74. The van der Waals surface area contributed by atoms with Crippen LogP contribution in [0.25, 0.3) is 0 Å². The van der Waals surface area contributed by atoms with E-state index < -0.39 is 0 Å². The molecule has 50 valence electrons. The molecule has 0 saturated heterocycles. The predicted molar refractivity (Wildman–Crippen MR) is 37.0 cm³/mol. The van der Waals surface area contributed by atoms with Crippen LogP contribution in [0.3, 0.4) is 0 Å². The van der Waals surface area contributed by atoms with Crippen LogP contribution >= 0.6 is 0 Å². The fraction of sp³-hybridized carbons (Fsp3) is 0.571. The normalized spacial score (nSPS) is 7.67. The molecule has 2 heteroatoms. The molecule has 9 heavy (non-hydrogen) atoms. The largest absolute Gasteiger partial charge is 0.309 e. The maximum atomic E-state index is 9.75. The van der Waals surface area contributed by atoms with Gasteiger partial charge in [-0.25, -0.2) is 0 Å². The van der Waals surface area contributed by atoms with Gasteiger partial charge in [0.05, 0.1) is 6.54 Å². The molecule has 0 saturated carbocycles. The van der Waals surface area contributed by atoms with E-state index in [-0.39, 0.29) is 0 Å². The summed E-state index contributed by atoms with van der Waals surface area (Å²) in [4.78, 5) is 9.75. The second-order valence-electron chi connectivity index (χ2n) is 1.59. The zero-order valence-corrected chi connectivity index (χ0v) is 5.61. The number of carbonyl (C=O) groups is 1. The van der Waals surface area contributed by atoms with Crippen LogP contribution in [0.2, 0.25) is 0 Å². The molecule has 0 aromatic heterocycles. The van der Waals surface area contributed by atoms with Crippen LogP contribution in [-0.4, -0.2) is 19.9 Å². The lowest BCUT2D eigenvalue weighted by Crippen LogP contribution is -2.04. The Kier molecular flexibility index (Phi) is 6.54. The van der Waals surface area contributed by atoms with Crippen LogP contribution in [0.5, 0.6) is 0 Å². The Bertz CT molecular complexity index is 121. The third kappa shape index (κ3) is 7.19. The zero-order valence-electron chi connectivity index (χ0n) is 5.61. The summed E-state index contributed by atoms with van der Waals surface area (Å²) in [5.41, 5.74) is 0. The Labute approximate surface area is 55.6 Å². The van der Waals surface area contributed by atoms with Crippen molar-refractivity contribution in [2.75, 3.05) is 13.6 Å².